The quantitative estimate of drug-likeness (QED) is 0.235. The van der Waals surface area contributed by atoms with Crippen LogP contribution in [0.5, 0.6) is 0 Å². The molecule has 1 unspecified atom stereocenters. The molecule has 4 heterocycles. The van der Waals surface area contributed by atoms with Crippen LogP contribution < -0.4 is 11.0 Å². The zero-order valence-electron chi connectivity index (χ0n) is 25.1. The van der Waals surface area contributed by atoms with Crippen LogP contribution in [0.4, 0.5) is 0 Å². The Bertz CT molecular complexity index is 2180. The van der Waals surface area contributed by atoms with Crippen LogP contribution in [-0.4, -0.2) is 41.9 Å². The first-order valence-electron chi connectivity index (χ1n) is 14.8. The van der Waals surface area contributed by atoms with Crippen molar-refractivity contribution >= 4 is 38.7 Å². The number of aromatic nitrogens is 4. The number of halogens is 1. The number of benzene rings is 3. The molecule has 3 aromatic carbocycles. The molecule has 1 atom stereocenters. The number of carbonyl (C=O) groups excluding carboxylic acids is 2. The van der Waals surface area contributed by atoms with Crippen LogP contribution in [0, 0.1) is 6.92 Å². The van der Waals surface area contributed by atoms with E-state index in [1.165, 1.54) is 4.57 Å². The Balaban J connectivity index is 1.29. The molecule has 0 aliphatic carbocycles. The van der Waals surface area contributed by atoms with E-state index in [0.29, 0.717) is 28.4 Å². The Morgan fingerprint density at radius 2 is 1.83 bits per heavy atom. The van der Waals surface area contributed by atoms with E-state index in [9.17, 15) is 14.4 Å². The lowest BCUT2D eigenvalue weighted by Gasteiger charge is -2.34. The standard InChI is InChI=1S/C35H29BrN6O4/c1-21-16-24(8-10-28(21)36)34(44)40-20-29-31(33(43)39-18-25-6-3-4-7-27(25)32-37-13-5-14-38-32)42(35(45)41(29)19-22(40)2)26-9-11-30-23(17-26)12-15-46-30/h3-17,22H,18-20H2,1-2H3,(H,39,43). The number of rotatable bonds is 6. The SMILES string of the molecule is Cc1cc(C(=O)N2Cc3c(C(=O)NCc4ccccc4-c4ncccn4)n(-c4ccc5occc5c4)c(=O)n3CC2C)ccc1Br. The number of hydrogen-bond acceptors (Lipinski definition) is 6. The van der Waals surface area contributed by atoms with Gasteiger partial charge in [0.25, 0.3) is 11.8 Å². The molecule has 0 fully saturated rings. The van der Waals surface area contributed by atoms with Gasteiger partial charge < -0.3 is 14.6 Å². The average Bonchev–Trinajstić information content (AvgIpc) is 3.66. The van der Waals surface area contributed by atoms with E-state index in [1.807, 2.05) is 62.4 Å². The highest BCUT2D eigenvalue weighted by Crippen LogP contribution is 2.28. The van der Waals surface area contributed by atoms with Gasteiger partial charge >= 0.3 is 5.69 Å². The lowest BCUT2D eigenvalue weighted by Crippen LogP contribution is -2.47. The summed E-state index contributed by atoms with van der Waals surface area (Å²) >= 11 is 3.50. The fraction of sp³-hybridized carbons (Fsp3) is 0.171. The van der Waals surface area contributed by atoms with Crippen LogP contribution in [0.1, 0.15) is 44.6 Å². The van der Waals surface area contributed by atoms with Crippen LogP contribution in [0.25, 0.3) is 28.0 Å². The van der Waals surface area contributed by atoms with Crippen molar-refractivity contribution in [1.82, 2.24) is 29.3 Å². The van der Waals surface area contributed by atoms with Crippen molar-refractivity contribution in [3.63, 3.8) is 0 Å². The number of hydrogen-bond donors (Lipinski definition) is 1. The normalized spacial score (nSPS) is 14.3. The molecule has 10 nitrogen and oxygen atoms in total. The molecule has 3 aromatic heterocycles. The Morgan fingerprint density at radius 1 is 1.02 bits per heavy atom. The fourth-order valence-electron chi connectivity index (χ4n) is 5.99. The number of carbonyl (C=O) groups is 2. The number of nitrogens with zero attached hydrogens (tertiary/aromatic N) is 5. The maximum Gasteiger partial charge on any atom is 0.333 e. The lowest BCUT2D eigenvalue weighted by atomic mass is 10.1. The molecule has 0 bridgehead atoms. The van der Waals surface area contributed by atoms with E-state index in [4.69, 9.17) is 4.42 Å². The van der Waals surface area contributed by atoms with Crippen molar-refractivity contribution in [3.05, 3.63) is 134 Å². The van der Waals surface area contributed by atoms with Gasteiger partial charge in [-0.25, -0.2) is 14.8 Å². The topological polar surface area (TPSA) is 115 Å². The molecule has 2 amide bonds. The second kappa shape index (κ2) is 11.9. The third-order valence-electron chi connectivity index (χ3n) is 8.38. The summed E-state index contributed by atoms with van der Waals surface area (Å²) in [6.07, 6.45) is 4.92. The Kier molecular flexibility index (Phi) is 7.61. The van der Waals surface area contributed by atoms with Gasteiger partial charge in [0.15, 0.2) is 5.82 Å². The molecule has 0 radical (unpaired) electrons. The number of aryl methyl sites for hydroxylation is 1. The number of fused-ring (bicyclic) bond motifs is 2. The van der Waals surface area contributed by atoms with Gasteiger partial charge in [0.2, 0.25) is 0 Å². The van der Waals surface area contributed by atoms with Gasteiger partial charge in [-0.15, -0.1) is 0 Å². The number of amides is 2. The van der Waals surface area contributed by atoms with Gasteiger partial charge in [-0.1, -0.05) is 40.2 Å². The third kappa shape index (κ3) is 5.22. The highest BCUT2D eigenvalue weighted by Gasteiger charge is 2.35. The minimum Gasteiger partial charge on any atom is -0.464 e. The van der Waals surface area contributed by atoms with Crippen molar-refractivity contribution in [2.75, 3.05) is 0 Å². The summed E-state index contributed by atoms with van der Waals surface area (Å²) in [5.74, 6) is -0.0638. The summed E-state index contributed by atoms with van der Waals surface area (Å²) in [5, 5.41) is 3.84. The second-order valence-corrected chi connectivity index (χ2v) is 12.2. The van der Waals surface area contributed by atoms with Gasteiger partial charge in [-0.3, -0.25) is 18.7 Å². The Hall–Kier alpha value is -5.29. The van der Waals surface area contributed by atoms with Crippen LogP contribution in [0.2, 0.25) is 0 Å². The molecular formula is C35H29BrN6O4. The molecular weight excluding hydrogens is 648 g/mol. The van der Waals surface area contributed by atoms with E-state index in [2.05, 4.69) is 31.2 Å². The van der Waals surface area contributed by atoms with Gasteiger partial charge in [-0.2, -0.15) is 0 Å². The maximum absolute atomic E-state index is 14.2. The van der Waals surface area contributed by atoms with Crippen LogP contribution >= 0.6 is 15.9 Å². The maximum atomic E-state index is 14.2. The highest BCUT2D eigenvalue weighted by atomic mass is 79.9. The lowest BCUT2D eigenvalue weighted by molar-refractivity contribution is 0.0610. The molecule has 1 N–H and O–H groups in total. The molecule has 0 spiro atoms. The first kappa shape index (κ1) is 29.4. The minimum atomic E-state index is -0.441. The first-order chi connectivity index (χ1) is 22.3. The molecule has 230 valence electrons. The van der Waals surface area contributed by atoms with Crippen LogP contribution in [-0.2, 0) is 19.6 Å². The van der Waals surface area contributed by atoms with E-state index in [0.717, 1.165) is 26.5 Å². The third-order valence-corrected chi connectivity index (χ3v) is 9.27. The zero-order valence-corrected chi connectivity index (χ0v) is 26.7. The molecule has 6 aromatic rings. The van der Waals surface area contributed by atoms with Crippen LogP contribution in [0.15, 0.2) is 105 Å². The minimum absolute atomic E-state index is 0.0858. The summed E-state index contributed by atoms with van der Waals surface area (Å²) < 4.78 is 9.48. The molecule has 7 rings (SSSR count). The monoisotopic (exact) mass is 676 g/mol. The largest absolute Gasteiger partial charge is 0.464 e. The Morgan fingerprint density at radius 3 is 2.63 bits per heavy atom. The van der Waals surface area contributed by atoms with Gasteiger partial charge in [-0.05, 0) is 73.5 Å². The summed E-state index contributed by atoms with van der Waals surface area (Å²) in [4.78, 5) is 52.6. The fourth-order valence-corrected chi connectivity index (χ4v) is 6.23. The predicted molar refractivity (Wildman–Crippen MR) is 177 cm³/mol. The predicted octanol–water partition coefficient (Wildman–Crippen LogP) is 5.89. The highest BCUT2D eigenvalue weighted by molar-refractivity contribution is 9.10. The van der Waals surface area contributed by atoms with E-state index < -0.39 is 5.91 Å². The summed E-state index contributed by atoms with van der Waals surface area (Å²) in [5.41, 5.74) is 4.58. The van der Waals surface area contributed by atoms with Crippen molar-refractivity contribution < 1.29 is 14.0 Å². The van der Waals surface area contributed by atoms with Crippen molar-refractivity contribution in [2.24, 2.45) is 0 Å². The van der Waals surface area contributed by atoms with Crippen LogP contribution in [0.3, 0.4) is 0 Å². The van der Waals surface area contributed by atoms with Crippen molar-refractivity contribution in [3.8, 4) is 17.1 Å². The van der Waals surface area contributed by atoms with Gasteiger partial charge in [0.1, 0.15) is 11.3 Å². The number of furan rings is 1. The van der Waals surface area contributed by atoms with E-state index in [-0.39, 0.29) is 43.0 Å². The molecule has 1 aliphatic heterocycles. The molecule has 0 saturated heterocycles. The summed E-state index contributed by atoms with van der Waals surface area (Å²) in [6.45, 7) is 4.34. The smallest absolute Gasteiger partial charge is 0.333 e. The number of imidazole rings is 1. The molecule has 46 heavy (non-hydrogen) atoms. The average molecular weight is 678 g/mol. The molecule has 1 aliphatic rings. The summed E-state index contributed by atoms with van der Waals surface area (Å²) in [6, 6.07) is 21.7. The van der Waals surface area contributed by atoms with E-state index >= 15 is 0 Å². The number of nitrogens with one attached hydrogen (secondary N) is 1. The second-order valence-electron chi connectivity index (χ2n) is 11.3. The first-order valence-corrected chi connectivity index (χ1v) is 15.6. The molecule has 11 heteroatoms. The van der Waals surface area contributed by atoms with E-state index in [1.54, 1.807) is 52.4 Å². The van der Waals surface area contributed by atoms with Gasteiger partial charge in [0.05, 0.1) is 24.2 Å². The Labute approximate surface area is 272 Å². The zero-order chi connectivity index (χ0) is 31.9. The molecule has 0 saturated carbocycles. The van der Waals surface area contributed by atoms with Crippen molar-refractivity contribution in [1.29, 1.82) is 0 Å². The van der Waals surface area contributed by atoms with Gasteiger partial charge in [0, 0.05) is 52.5 Å². The summed E-state index contributed by atoms with van der Waals surface area (Å²) in [7, 11) is 0. The van der Waals surface area contributed by atoms with Crippen molar-refractivity contribution in [2.45, 2.75) is 39.5 Å².